The molecule has 0 saturated carbocycles. The van der Waals surface area contributed by atoms with E-state index in [1.807, 2.05) is 89.8 Å². The van der Waals surface area contributed by atoms with E-state index in [2.05, 4.69) is 0 Å². The Bertz CT molecular complexity index is 1130. The molecule has 3 aromatic rings. The number of rotatable bonds is 9. The maximum absolute atomic E-state index is 12.7. The van der Waals surface area contributed by atoms with E-state index < -0.39 is 0 Å². The van der Waals surface area contributed by atoms with Crippen molar-refractivity contribution < 1.29 is 24.0 Å². The highest BCUT2D eigenvalue weighted by molar-refractivity contribution is 6.06. The number of nitrogens with zero attached hydrogens (tertiary/aromatic N) is 1. The molecule has 0 unspecified atom stereocenters. The number of carbonyl (C=O) groups is 2. The second kappa shape index (κ2) is 12.0. The maximum atomic E-state index is 12.7. The Morgan fingerprint density at radius 3 is 2.17 bits per heavy atom. The van der Waals surface area contributed by atoms with Crippen LogP contribution in [0.1, 0.15) is 26.3 Å². The van der Waals surface area contributed by atoms with Gasteiger partial charge >= 0.3 is 0 Å². The van der Waals surface area contributed by atoms with Gasteiger partial charge in [0.1, 0.15) is 24.7 Å². The van der Waals surface area contributed by atoms with Crippen LogP contribution >= 0.6 is 0 Å². The molecule has 35 heavy (non-hydrogen) atoms. The number of benzene rings is 3. The summed E-state index contributed by atoms with van der Waals surface area (Å²) in [5.74, 6) is 1.62. The first-order valence-corrected chi connectivity index (χ1v) is 11.9. The first-order valence-electron chi connectivity index (χ1n) is 11.9. The summed E-state index contributed by atoms with van der Waals surface area (Å²) in [6.45, 7) is 4.79. The number of amides is 1. The Morgan fingerprint density at radius 2 is 1.51 bits per heavy atom. The molecule has 0 radical (unpaired) electrons. The highest BCUT2D eigenvalue weighted by Gasteiger charge is 2.24. The molecule has 0 atom stereocenters. The number of ketones is 1. The van der Waals surface area contributed by atoms with Gasteiger partial charge in [-0.2, -0.15) is 0 Å². The smallest absolute Gasteiger partial charge is 0.254 e. The number of quaternary nitrogens is 1. The van der Waals surface area contributed by atoms with Crippen molar-refractivity contribution in [2.45, 2.75) is 0 Å². The lowest BCUT2D eigenvalue weighted by molar-refractivity contribution is -0.903. The van der Waals surface area contributed by atoms with Crippen LogP contribution in [0.25, 0.3) is 6.08 Å². The first-order chi connectivity index (χ1) is 17.1. The minimum Gasteiger partial charge on any atom is -0.497 e. The molecule has 1 saturated heterocycles. The molecule has 180 valence electrons. The van der Waals surface area contributed by atoms with E-state index in [4.69, 9.17) is 9.47 Å². The van der Waals surface area contributed by atoms with Crippen LogP contribution in [0.4, 0.5) is 0 Å². The zero-order valence-corrected chi connectivity index (χ0v) is 20.0. The summed E-state index contributed by atoms with van der Waals surface area (Å²) in [4.78, 5) is 28.3. The van der Waals surface area contributed by atoms with Gasteiger partial charge in [0.25, 0.3) is 5.91 Å². The lowest BCUT2D eigenvalue weighted by atomic mass is 10.1. The normalized spacial score (nSPS) is 14.1. The molecule has 1 aliphatic heterocycles. The molecule has 1 amide bonds. The topological polar surface area (TPSA) is 60.3 Å². The molecule has 6 heteroatoms. The average Bonchev–Trinajstić information content (AvgIpc) is 2.93. The van der Waals surface area contributed by atoms with Crippen molar-refractivity contribution in [1.82, 2.24) is 4.90 Å². The van der Waals surface area contributed by atoms with Crippen molar-refractivity contribution in [2.75, 3.05) is 46.4 Å². The number of piperazine rings is 1. The minimum absolute atomic E-state index is 0.0142. The Labute approximate surface area is 206 Å². The number of carbonyl (C=O) groups excluding carboxylic acids is 2. The van der Waals surface area contributed by atoms with Crippen molar-refractivity contribution in [2.24, 2.45) is 0 Å². The van der Waals surface area contributed by atoms with Gasteiger partial charge in [-0.1, -0.05) is 48.5 Å². The molecular weight excluding hydrogens is 440 g/mol. The van der Waals surface area contributed by atoms with Gasteiger partial charge in [-0.05, 0) is 48.0 Å². The summed E-state index contributed by atoms with van der Waals surface area (Å²) in [5, 5.41) is 0. The van der Waals surface area contributed by atoms with E-state index in [1.165, 1.54) is 4.90 Å². The summed E-state index contributed by atoms with van der Waals surface area (Å²) in [6, 6.07) is 24.2. The molecule has 3 aromatic carbocycles. The fourth-order valence-electron chi connectivity index (χ4n) is 4.05. The van der Waals surface area contributed by atoms with E-state index in [1.54, 1.807) is 13.2 Å². The van der Waals surface area contributed by atoms with Crippen molar-refractivity contribution >= 4 is 17.8 Å². The Kier molecular flexibility index (Phi) is 8.30. The molecule has 1 N–H and O–H groups in total. The van der Waals surface area contributed by atoms with Crippen molar-refractivity contribution in [3.63, 3.8) is 0 Å². The predicted molar refractivity (Wildman–Crippen MR) is 136 cm³/mol. The Morgan fingerprint density at radius 1 is 0.857 bits per heavy atom. The summed E-state index contributed by atoms with van der Waals surface area (Å²) in [5.41, 5.74) is 2.32. The lowest BCUT2D eigenvalue weighted by Gasteiger charge is -2.32. The number of methoxy groups -OCH3 is 1. The van der Waals surface area contributed by atoms with Crippen molar-refractivity contribution in [3.05, 3.63) is 102 Å². The van der Waals surface area contributed by atoms with Gasteiger partial charge < -0.3 is 19.3 Å². The van der Waals surface area contributed by atoms with Gasteiger partial charge in [0.15, 0.2) is 5.78 Å². The van der Waals surface area contributed by atoms with Crippen molar-refractivity contribution in [3.8, 4) is 11.5 Å². The fourth-order valence-corrected chi connectivity index (χ4v) is 4.05. The summed E-state index contributed by atoms with van der Waals surface area (Å²) in [7, 11) is 1.62. The van der Waals surface area contributed by atoms with E-state index in [9.17, 15) is 9.59 Å². The van der Waals surface area contributed by atoms with Gasteiger partial charge in [0.05, 0.1) is 33.3 Å². The van der Waals surface area contributed by atoms with Gasteiger partial charge in [0.2, 0.25) is 0 Å². The molecule has 4 rings (SSSR count). The molecule has 0 bridgehead atoms. The second-order valence-electron chi connectivity index (χ2n) is 8.50. The predicted octanol–water partition coefficient (Wildman–Crippen LogP) is 3.01. The number of allylic oxidation sites excluding steroid dienone is 1. The van der Waals surface area contributed by atoms with Gasteiger partial charge in [0, 0.05) is 11.1 Å². The minimum atomic E-state index is -0.0142. The lowest BCUT2D eigenvalue weighted by Crippen LogP contribution is -3.15. The van der Waals surface area contributed by atoms with Crippen LogP contribution in [-0.2, 0) is 0 Å². The molecule has 0 aromatic heterocycles. The summed E-state index contributed by atoms with van der Waals surface area (Å²) in [6.07, 6.45) is 3.41. The molecule has 6 nitrogen and oxygen atoms in total. The Balaban J connectivity index is 1.17. The number of hydrogen-bond donors (Lipinski definition) is 1. The van der Waals surface area contributed by atoms with Gasteiger partial charge in [-0.25, -0.2) is 0 Å². The highest BCUT2D eigenvalue weighted by Crippen LogP contribution is 2.14. The van der Waals surface area contributed by atoms with Gasteiger partial charge in [-0.15, -0.1) is 0 Å². The van der Waals surface area contributed by atoms with Crippen LogP contribution in [0.3, 0.4) is 0 Å². The van der Waals surface area contributed by atoms with E-state index in [0.717, 1.165) is 49.8 Å². The van der Waals surface area contributed by atoms with Crippen LogP contribution in [-0.4, -0.2) is 63.0 Å². The fraction of sp³-hybridized carbons (Fsp3) is 0.241. The maximum Gasteiger partial charge on any atom is 0.254 e. The number of hydrogen-bond acceptors (Lipinski definition) is 4. The first kappa shape index (κ1) is 24.2. The van der Waals surface area contributed by atoms with Crippen LogP contribution in [0, 0.1) is 0 Å². The van der Waals surface area contributed by atoms with E-state index in [0.29, 0.717) is 17.7 Å². The van der Waals surface area contributed by atoms with E-state index >= 15 is 0 Å². The second-order valence-corrected chi connectivity index (χ2v) is 8.50. The van der Waals surface area contributed by atoms with Crippen molar-refractivity contribution in [1.29, 1.82) is 0 Å². The quantitative estimate of drug-likeness (QED) is 0.385. The number of nitrogens with one attached hydrogen (secondary N) is 1. The molecule has 0 spiro atoms. The summed E-state index contributed by atoms with van der Waals surface area (Å²) >= 11 is 0. The molecule has 1 fully saturated rings. The zero-order valence-electron chi connectivity index (χ0n) is 20.0. The third-order valence-electron chi connectivity index (χ3n) is 6.18. The molecular formula is C29H31N2O4+. The van der Waals surface area contributed by atoms with Crippen LogP contribution in [0.15, 0.2) is 84.9 Å². The van der Waals surface area contributed by atoms with E-state index in [-0.39, 0.29) is 11.7 Å². The average molecular weight is 472 g/mol. The molecule has 0 aliphatic carbocycles. The third-order valence-corrected chi connectivity index (χ3v) is 6.18. The zero-order chi connectivity index (χ0) is 24.5. The van der Waals surface area contributed by atoms with Crippen LogP contribution in [0.5, 0.6) is 11.5 Å². The molecule has 1 aliphatic rings. The Hall–Kier alpha value is -3.90. The standard InChI is InChI=1S/C29H30N2O4/c1-34-26-14-10-25(11-15-26)29(33)31-19-17-30(18-20-31)21-22-35-27-12-7-23(8-13-27)9-16-28(32)24-5-3-2-4-6-24/h2-16H,17-22H2,1H3/p+1. The number of ether oxygens (including phenoxy) is 2. The molecule has 1 heterocycles. The SMILES string of the molecule is COc1ccc(C(=O)N2CC[NH+](CCOc3ccc(C=CC(=O)c4ccccc4)cc3)CC2)cc1. The monoisotopic (exact) mass is 471 g/mol. The summed E-state index contributed by atoms with van der Waals surface area (Å²) < 4.78 is 11.1. The largest absolute Gasteiger partial charge is 0.497 e. The highest BCUT2D eigenvalue weighted by atomic mass is 16.5. The van der Waals surface area contributed by atoms with Crippen LogP contribution < -0.4 is 14.4 Å². The van der Waals surface area contributed by atoms with Gasteiger partial charge in [-0.3, -0.25) is 9.59 Å². The third kappa shape index (κ3) is 6.80. The van der Waals surface area contributed by atoms with Crippen LogP contribution in [0.2, 0.25) is 0 Å².